The van der Waals surface area contributed by atoms with Crippen LogP contribution in [0.2, 0.25) is 0 Å². The number of esters is 1. The molecule has 1 heterocycles. The van der Waals surface area contributed by atoms with Crippen LogP contribution in [-0.2, 0) is 4.74 Å². The molecule has 0 aliphatic heterocycles. The highest BCUT2D eigenvalue weighted by molar-refractivity contribution is 6.08. The molecule has 0 radical (unpaired) electrons. The highest BCUT2D eigenvalue weighted by Crippen LogP contribution is 2.21. The fourth-order valence-corrected chi connectivity index (χ4v) is 1.72. The summed E-state index contributed by atoms with van der Waals surface area (Å²) < 4.78 is 5.08. The van der Waals surface area contributed by atoms with Gasteiger partial charge in [0.15, 0.2) is 6.29 Å². The molecule has 4 nitrogen and oxygen atoms in total. The fraction of sp³-hybridized carbons (Fsp3) is 0.231. The summed E-state index contributed by atoms with van der Waals surface area (Å²) in [4.78, 5) is 25.8. The van der Waals surface area contributed by atoms with Gasteiger partial charge in [0.1, 0.15) is 5.69 Å². The predicted octanol–water partition coefficient (Wildman–Crippen LogP) is 2.55. The highest BCUT2D eigenvalue weighted by atomic mass is 16.5. The molecule has 1 N–H and O–H groups in total. The number of fused-ring (bicyclic) bond motifs is 1. The summed E-state index contributed by atoms with van der Waals surface area (Å²) in [6.07, 6.45) is 0.462. The first-order valence-electron chi connectivity index (χ1n) is 5.40. The minimum atomic E-state index is -0.502. The third-order valence-corrected chi connectivity index (χ3v) is 2.41. The van der Waals surface area contributed by atoms with Gasteiger partial charge in [-0.05, 0) is 19.9 Å². The normalized spacial score (nSPS) is 10.8. The van der Waals surface area contributed by atoms with Crippen molar-refractivity contribution in [2.75, 3.05) is 0 Å². The smallest absolute Gasteiger partial charge is 0.355 e. The van der Waals surface area contributed by atoms with E-state index in [2.05, 4.69) is 4.98 Å². The van der Waals surface area contributed by atoms with E-state index in [9.17, 15) is 9.59 Å². The fourth-order valence-electron chi connectivity index (χ4n) is 1.72. The van der Waals surface area contributed by atoms with Crippen LogP contribution in [0.1, 0.15) is 34.7 Å². The van der Waals surface area contributed by atoms with Gasteiger partial charge in [-0.2, -0.15) is 0 Å². The molecule has 0 saturated heterocycles. The van der Waals surface area contributed by atoms with Gasteiger partial charge in [0, 0.05) is 10.9 Å². The Labute approximate surface area is 98.6 Å². The first kappa shape index (κ1) is 11.4. The topological polar surface area (TPSA) is 59.2 Å². The molecular formula is C13H13NO3. The third-order valence-electron chi connectivity index (χ3n) is 2.41. The molecule has 0 atom stereocenters. The van der Waals surface area contributed by atoms with Crippen LogP contribution < -0.4 is 0 Å². The van der Waals surface area contributed by atoms with Gasteiger partial charge in [0.2, 0.25) is 0 Å². The van der Waals surface area contributed by atoms with Gasteiger partial charge < -0.3 is 9.72 Å². The largest absolute Gasteiger partial charge is 0.458 e. The van der Waals surface area contributed by atoms with E-state index < -0.39 is 5.97 Å². The Morgan fingerprint density at radius 3 is 2.71 bits per heavy atom. The summed E-state index contributed by atoms with van der Waals surface area (Å²) in [6, 6.07) is 7.27. The van der Waals surface area contributed by atoms with Crippen molar-refractivity contribution >= 4 is 23.2 Å². The van der Waals surface area contributed by atoms with Crippen LogP contribution >= 0.6 is 0 Å². The number of hydrogen-bond acceptors (Lipinski definition) is 3. The van der Waals surface area contributed by atoms with Crippen LogP contribution in [-0.4, -0.2) is 23.3 Å². The van der Waals surface area contributed by atoms with Crippen molar-refractivity contribution in [3.63, 3.8) is 0 Å². The maximum absolute atomic E-state index is 11.8. The second-order valence-electron chi connectivity index (χ2n) is 4.03. The number of para-hydroxylation sites is 1. The average Bonchev–Trinajstić information content (AvgIpc) is 2.66. The monoisotopic (exact) mass is 231 g/mol. The van der Waals surface area contributed by atoms with Crippen molar-refractivity contribution in [2.45, 2.75) is 20.0 Å². The molecule has 0 unspecified atom stereocenters. The lowest BCUT2D eigenvalue weighted by Gasteiger charge is -2.06. The molecule has 0 saturated carbocycles. The number of carbonyl (C=O) groups excluding carboxylic acids is 2. The molecule has 0 fully saturated rings. The Hall–Kier alpha value is -2.10. The molecule has 0 spiro atoms. The van der Waals surface area contributed by atoms with E-state index in [4.69, 9.17) is 4.74 Å². The van der Waals surface area contributed by atoms with Crippen molar-refractivity contribution in [1.29, 1.82) is 0 Å². The van der Waals surface area contributed by atoms with Gasteiger partial charge in [-0.25, -0.2) is 4.79 Å². The summed E-state index contributed by atoms with van der Waals surface area (Å²) in [5, 5.41) is 0.734. The Kier molecular flexibility index (Phi) is 2.95. The van der Waals surface area contributed by atoms with Crippen molar-refractivity contribution in [3.8, 4) is 0 Å². The zero-order chi connectivity index (χ0) is 12.4. The van der Waals surface area contributed by atoms with Gasteiger partial charge in [-0.3, -0.25) is 4.79 Å². The first-order chi connectivity index (χ1) is 8.13. The van der Waals surface area contributed by atoms with Gasteiger partial charge in [0.25, 0.3) is 0 Å². The van der Waals surface area contributed by atoms with Crippen LogP contribution in [0.3, 0.4) is 0 Å². The molecule has 4 heteroatoms. The number of rotatable bonds is 3. The highest BCUT2D eigenvalue weighted by Gasteiger charge is 2.19. The number of aromatic amines is 1. The van der Waals surface area contributed by atoms with Crippen LogP contribution in [0.25, 0.3) is 10.9 Å². The van der Waals surface area contributed by atoms with Crippen molar-refractivity contribution in [3.05, 3.63) is 35.5 Å². The number of hydrogen-bond donors (Lipinski definition) is 1. The van der Waals surface area contributed by atoms with Crippen molar-refractivity contribution in [1.82, 2.24) is 4.98 Å². The summed E-state index contributed by atoms with van der Waals surface area (Å²) in [5.41, 5.74) is 1.33. The zero-order valence-corrected chi connectivity index (χ0v) is 9.69. The molecule has 2 aromatic rings. The first-order valence-corrected chi connectivity index (χ1v) is 5.40. The lowest BCUT2D eigenvalue weighted by molar-refractivity contribution is 0.0370. The molecule has 0 aliphatic carbocycles. The summed E-state index contributed by atoms with van der Waals surface area (Å²) in [5.74, 6) is -0.502. The molecule has 2 rings (SSSR count). The molecule has 17 heavy (non-hydrogen) atoms. The maximum Gasteiger partial charge on any atom is 0.355 e. The van der Waals surface area contributed by atoms with E-state index in [1.807, 2.05) is 18.2 Å². The van der Waals surface area contributed by atoms with Gasteiger partial charge in [-0.15, -0.1) is 0 Å². The number of H-pyrrole nitrogens is 1. The van der Waals surface area contributed by atoms with Gasteiger partial charge in [0.05, 0.1) is 11.7 Å². The molecule has 1 aromatic heterocycles. The molecule has 0 aliphatic rings. The summed E-state index contributed by atoms with van der Waals surface area (Å²) in [6.45, 7) is 3.53. The van der Waals surface area contributed by atoms with Crippen LogP contribution in [0.5, 0.6) is 0 Å². The van der Waals surface area contributed by atoms with E-state index in [-0.39, 0.29) is 11.8 Å². The zero-order valence-electron chi connectivity index (χ0n) is 9.69. The standard InChI is InChI=1S/C13H13NO3/c1-8(2)17-13(16)12-10(7-15)9-5-3-4-6-11(9)14-12/h3-8,14H,1-2H3. The summed E-state index contributed by atoms with van der Waals surface area (Å²) in [7, 11) is 0. The van der Waals surface area contributed by atoms with E-state index in [1.54, 1.807) is 19.9 Å². The molecule has 88 valence electrons. The molecular weight excluding hydrogens is 218 g/mol. The predicted molar refractivity (Wildman–Crippen MR) is 64.2 cm³/mol. The number of ether oxygens (including phenoxy) is 1. The van der Waals surface area contributed by atoms with E-state index in [0.717, 1.165) is 10.9 Å². The number of nitrogens with one attached hydrogen (secondary N) is 1. The molecule has 0 amide bonds. The number of aromatic nitrogens is 1. The number of benzene rings is 1. The SMILES string of the molecule is CC(C)OC(=O)c1[nH]c2ccccc2c1C=O. The lowest BCUT2D eigenvalue weighted by atomic mass is 10.1. The molecule has 0 bridgehead atoms. The van der Waals surface area contributed by atoms with Gasteiger partial charge in [-0.1, -0.05) is 18.2 Å². The quantitative estimate of drug-likeness (QED) is 0.652. The minimum absolute atomic E-state index is 0.214. The van der Waals surface area contributed by atoms with Crippen LogP contribution in [0.15, 0.2) is 24.3 Å². The second-order valence-corrected chi connectivity index (χ2v) is 4.03. The van der Waals surface area contributed by atoms with E-state index in [1.165, 1.54) is 0 Å². The van der Waals surface area contributed by atoms with Crippen LogP contribution in [0.4, 0.5) is 0 Å². The third kappa shape index (κ3) is 2.06. The van der Waals surface area contributed by atoms with Gasteiger partial charge >= 0.3 is 5.97 Å². The van der Waals surface area contributed by atoms with Crippen LogP contribution in [0, 0.1) is 0 Å². The molecule has 1 aromatic carbocycles. The Balaban J connectivity index is 2.53. The average molecular weight is 231 g/mol. The van der Waals surface area contributed by atoms with Crippen molar-refractivity contribution in [2.24, 2.45) is 0 Å². The number of carbonyl (C=O) groups is 2. The Morgan fingerprint density at radius 1 is 1.35 bits per heavy atom. The second kappa shape index (κ2) is 4.41. The summed E-state index contributed by atoms with van der Waals surface area (Å²) >= 11 is 0. The van der Waals surface area contributed by atoms with E-state index in [0.29, 0.717) is 11.8 Å². The Bertz CT molecular complexity index is 569. The number of aldehydes is 1. The van der Waals surface area contributed by atoms with Crippen molar-refractivity contribution < 1.29 is 14.3 Å². The lowest BCUT2D eigenvalue weighted by Crippen LogP contribution is -2.13. The van der Waals surface area contributed by atoms with E-state index >= 15 is 0 Å². The minimum Gasteiger partial charge on any atom is -0.458 e. The Morgan fingerprint density at radius 2 is 2.06 bits per heavy atom. The maximum atomic E-state index is 11.8.